The number of nitriles is 2. The molecule has 122 valence electrons. The summed E-state index contributed by atoms with van der Waals surface area (Å²) in [4.78, 5) is 3.06. The van der Waals surface area contributed by atoms with Gasteiger partial charge in [-0.25, -0.2) is 4.99 Å². The molecule has 0 aromatic heterocycles. The number of hydrogen-bond donors (Lipinski definition) is 2. The molecule has 6 heteroatoms. The van der Waals surface area contributed by atoms with E-state index in [1.165, 1.54) is 6.42 Å². The molecule has 2 aliphatic heterocycles. The van der Waals surface area contributed by atoms with Crippen molar-refractivity contribution in [2.75, 3.05) is 6.61 Å². The molecular formula is C17H23N4O2+. The second-order valence-electron chi connectivity index (χ2n) is 7.47. The number of rotatable bonds is 0. The third kappa shape index (κ3) is 1.31. The van der Waals surface area contributed by atoms with Crippen LogP contribution in [0, 0.1) is 38.9 Å². The van der Waals surface area contributed by atoms with Gasteiger partial charge in [0.25, 0.3) is 5.84 Å². The summed E-state index contributed by atoms with van der Waals surface area (Å²) < 4.78 is 12.0. The maximum atomic E-state index is 10.2. The van der Waals surface area contributed by atoms with Crippen LogP contribution in [0.3, 0.4) is 0 Å². The van der Waals surface area contributed by atoms with E-state index >= 15 is 0 Å². The monoisotopic (exact) mass is 315 g/mol. The van der Waals surface area contributed by atoms with Gasteiger partial charge >= 0.3 is 5.91 Å². The lowest BCUT2D eigenvalue weighted by Crippen LogP contribution is -2.90. The number of nitrogens with zero attached hydrogens (tertiary/aromatic N) is 2. The van der Waals surface area contributed by atoms with Crippen LogP contribution in [0.25, 0.3) is 0 Å². The summed E-state index contributed by atoms with van der Waals surface area (Å²) in [6.07, 6.45) is 7.09. The van der Waals surface area contributed by atoms with Crippen molar-refractivity contribution in [2.24, 2.45) is 22.0 Å². The van der Waals surface area contributed by atoms with Crippen LogP contribution in [0.2, 0.25) is 0 Å². The third-order valence-electron chi connectivity index (χ3n) is 6.56. The van der Waals surface area contributed by atoms with Crippen LogP contribution < -0.4 is 10.7 Å². The first kappa shape index (κ1) is 14.9. The SMILES string of the molecule is C[C@@H]1CO[C@]2([NH+]=C(N)[C@@]3(C#N)C4(CCCCCCC4)[C@@]23C#N)O1. The molecule has 2 aliphatic carbocycles. The van der Waals surface area contributed by atoms with E-state index in [2.05, 4.69) is 17.1 Å². The first-order valence-corrected chi connectivity index (χ1v) is 8.61. The highest BCUT2D eigenvalue weighted by atomic mass is 16.8. The molecule has 1 saturated heterocycles. The molecule has 4 atom stereocenters. The highest BCUT2D eigenvalue weighted by Gasteiger charge is 3.03. The summed E-state index contributed by atoms with van der Waals surface area (Å²) in [5, 5.41) is 20.3. The van der Waals surface area contributed by atoms with Crippen molar-refractivity contribution in [3.8, 4) is 12.1 Å². The Labute approximate surface area is 136 Å². The predicted molar refractivity (Wildman–Crippen MR) is 80.2 cm³/mol. The van der Waals surface area contributed by atoms with Crippen LogP contribution in [0.4, 0.5) is 0 Å². The Morgan fingerprint density at radius 1 is 1.13 bits per heavy atom. The Hall–Kier alpha value is -1.63. The zero-order valence-corrected chi connectivity index (χ0v) is 13.5. The highest BCUT2D eigenvalue weighted by Crippen LogP contribution is 2.86. The zero-order chi connectivity index (χ0) is 16.3. The summed E-state index contributed by atoms with van der Waals surface area (Å²) in [5.74, 6) is -0.906. The maximum absolute atomic E-state index is 10.2. The molecule has 3 N–H and O–H groups in total. The van der Waals surface area contributed by atoms with Gasteiger partial charge in [-0.05, 0) is 19.8 Å². The van der Waals surface area contributed by atoms with Crippen molar-refractivity contribution in [2.45, 2.75) is 63.9 Å². The standard InChI is InChI=1S/C17H22N4O2/c1-12-9-22-17(23-12)16(11-19)14(7-5-3-2-4-6-8-14)15(16,10-18)13(20)21-17/h12H,2-9H2,1H3,(H2,20,21)/p+1/t12-,15+,16-,17+/m1/s1. The van der Waals surface area contributed by atoms with E-state index in [-0.39, 0.29) is 6.10 Å². The van der Waals surface area contributed by atoms with Crippen LogP contribution in [0.5, 0.6) is 0 Å². The van der Waals surface area contributed by atoms with Gasteiger partial charge in [-0.2, -0.15) is 10.5 Å². The van der Waals surface area contributed by atoms with Gasteiger partial charge in [0.1, 0.15) is 0 Å². The van der Waals surface area contributed by atoms with E-state index < -0.39 is 22.2 Å². The van der Waals surface area contributed by atoms with Gasteiger partial charge in [0, 0.05) is 5.41 Å². The molecule has 2 saturated carbocycles. The number of hydrogen-bond acceptors (Lipinski definition) is 5. The minimum absolute atomic E-state index is 0.124. The Bertz CT molecular complexity index is 654. The van der Waals surface area contributed by atoms with E-state index in [1.807, 2.05) is 6.92 Å². The van der Waals surface area contributed by atoms with E-state index in [0.717, 1.165) is 38.5 Å². The minimum atomic E-state index is -1.26. The summed E-state index contributed by atoms with van der Waals surface area (Å²) in [5.41, 5.74) is 3.79. The molecule has 6 nitrogen and oxygen atoms in total. The smallest absolute Gasteiger partial charge is 0.311 e. The van der Waals surface area contributed by atoms with Crippen molar-refractivity contribution < 1.29 is 14.5 Å². The Morgan fingerprint density at radius 3 is 2.30 bits per heavy atom. The fraction of sp³-hybridized carbons (Fsp3) is 0.824. The number of amidine groups is 1. The molecule has 2 heterocycles. The molecule has 0 aromatic carbocycles. The molecule has 0 aromatic rings. The van der Waals surface area contributed by atoms with Gasteiger partial charge in [-0.3, -0.25) is 5.73 Å². The number of ether oxygens (including phenoxy) is 2. The van der Waals surface area contributed by atoms with Crippen LogP contribution in [0.15, 0.2) is 0 Å². The Balaban J connectivity index is 1.88. The molecule has 0 bridgehead atoms. The van der Waals surface area contributed by atoms with Crippen LogP contribution in [0.1, 0.15) is 51.9 Å². The van der Waals surface area contributed by atoms with Gasteiger partial charge in [0.05, 0.1) is 24.8 Å². The Morgan fingerprint density at radius 2 is 1.78 bits per heavy atom. The van der Waals surface area contributed by atoms with Crippen molar-refractivity contribution >= 4 is 5.84 Å². The van der Waals surface area contributed by atoms with Crippen molar-refractivity contribution in [1.29, 1.82) is 10.5 Å². The molecule has 2 spiro atoms. The fourth-order valence-electron chi connectivity index (χ4n) is 5.70. The van der Waals surface area contributed by atoms with Gasteiger partial charge in [0.2, 0.25) is 0 Å². The molecule has 4 aliphatic rings. The molecule has 4 rings (SSSR count). The van der Waals surface area contributed by atoms with E-state index in [9.17, 15) is 10.5 Å². The van der Waals surface area contributed by atoms with Crippen LogP contribution in [-0.2, 0) is 9.47 Å². The summed E-state index contributed by atoms with van der Waals surface area (Å²) >= 11 is 0. The lowest BCUT2D eigenvalue weighted by Gasteiger charge is -2.30. The summed E-state index contributed by atoms with van der Waals surface area (Å²) in [6.45, 7) is 2.32. The minimum Gasteiger partial charge on any atom is -0.311 e. The second kappa shape index (κ2) is 4.47. The highest BCUT2D eigenvalue weighted by molar-refractivity contribution is 5.95. The van der Waals surface area contributed by atoms with Gasteiger partial charge in [-0.1, -0.05) is 32.1 Å². The van der Waals surface area contributed by atoms with E-state index in [0.29, 0.717) is 12.4 Å². The average molecular weight is 315 g/mol. The number of nitrogens with one attached hydrogen (secondary N) is 1. The first-order chi connectivity index (χ1) is 11.1. The first-order valence-electron chi connectivity index (χ1n) is 8.61. The van der Waals surface area contributed by atoms with Crippen LogP contribution in [-0.4, -0.2) is 24.5 Å². The second-order valence-corrected chi connectivity index (χ2v) is 7.47. The van der Waals surface area contributed by atoms with E-state index in [4.69, 9.17) is 15.2 Å². The topological polar surface area (TPSA) is 106 Å². The van der Waals surface area contributed by atoms with E-state index in [1.54, 1.807) is 0 Å². The van der Waals surface area contributed by atoms with Crippen molar-refractivity contribution in [1.82, 2.24) is 0 Å². The Kier molecular flexibility index (Phi) is 2.90. The number of nitrogens with two attached hydrogens (primary N) is 1. The van der Waals surface area contributed by atoms with Gasteiger partial charge < -0.3 is 9.47 Å². The molecule has 23 heavy (non-hydrogen) atoms. The quantitative estimate of drug-likeness (QED) is 0.668. The molecule has 3 fully saturated rings. The largest absolute Gasteiger partial charge is 0.343 e. The van der Waals surface area contributed by atoms with Crippen molar-refractivity contribution in [3.05, 3.63) is 0 Å². The lowest BCUT2D eigenvalue weighted by atomic mass is 9.78. The predicted octanol–water partition coefficient (Wildman–Crippen LogP) is 0.291. The third-order valence-corrected chi connectivity index (χ3v) is 6.56. The van der Waals surface area contributed by atoms with Crippen LogP contribution >= 0.6 is 0 Å². The maximum Gasteiger partial charge on any atom is 0.343 e. The number of fused-ring (bicyclic) bond motifs is 4. The lowest BCUT2D eigenvalue weighted by molar-refractivity contribution is -0.680. The van der Waals surface area contributed by atoms with Crippen molar-refractivity contribution in [3.63, 3.8) is 0 Å². The molecule has 0 radical (unpaired) electrons. The summed E-state index contributed by atoms with van der Waals surface area (Å²) in [7, 11) is 0. The molecular weight excluding hydrogens is 292 g/mol. The fourth-order valence-corrected chi connectivity index (χ4v) is 5.70. The zero-order valence-electron chi connectivity index (χ0n) is 13.5. The average Bonchev–Trinajstić information content (AvgIpc) is 2.69. The van der Waals surface area contributed by atoms with Gasteiger partial charge in [-0.15, -0.1) is 0 Å². The normalized spacial score (nSPS) is 47.3. The molecule has 0 unspecified atom stereocenters. The molecule has 0 amide bonds. The van der Waals surface area contributed by atoms with Gasteiger partial charge in [0.15, 0.2) is 10.8 Å². The summed E-state index contributed by atoms with van der Waals surface area (Å²) in [6, 6.07) is 4.89.